The van der Waals surface area contributed by atoms with Gasteiger partial charge in [-0.2, -0.15) is 0 Å². The number of urea groups is 1. The first-order valence-corrected chi connectivity index (χ1v) is 8.53. The molecule has 0 fully saturated rings. The third-order valence-electron chi connectivity index (χ3n) is 2.88. The summed E-state index contributed by atoms with van der Waals surface area (Å²) in [6, 6.07) is 10.1. The van der Waals surface area contributed by atoms with Crippen molar-refractivity contribution in [3.63, 3.8) is 0 Å². The van der Waals surface area contributed by atoms with Gasteiger partial charge in [0.2, 0.25) is 0 Å². The highest BCUT2D eigenvalue weighted by atomic mass is 32.2. The molecule has 0 aliphatic rings. The zero-order valence-corrected chi connectivity index (χ0v) is 13.8. The molecule has 0 aliphatic heterocycles. The first-order chi connectivity index (χ1) is 10.1. The highest BCUT2D eigenvalue weighted by molar-refractivity contribution is 8.00. The molecule has 0 saturated carbocycles. The van der Waals surface area contributed by atoms with Crippen LogP contribution in [0.3, 0.4) is 0 Å². The van der Waals surface area contributed by atoms with Crippen LogP contribution in [0.1, 0.15) is 17.5 Å². The number of nitrogens with zero attached hydrogens (tertiary/aromatic N) is 1. The first-order valence-electron chi connectivity index (χ1n) is 6.77. The van der Waals surface area contributed by atoms with Crippen LogP contribution >= 0.6 is 23.1 Å². The van der Waals surface area contributed by atoms with E-state index in [1.54, 1.807) is 28.6 Å². The number of carbonyl (C=O) groups is 1. The van der Waals surface area contributed by atoms with Crippen molar-refractivity contribution in [3.05, 3.63) is 46.4 Å². The number of aryl methyl sites for hydroxylation is 1. The van der Waals surface area contributed by atoms with Gasteiger partial charge in [0.05, 0.1) is 17.7 Å². The molecular formula is C15H19N3OS2. The van der Waals surface area contributed by atoms with Gasteiger partial charge in [0.25, 0.3) is 0 Å². The number of nitrogens with one attached hydrogen (secondary N) is 2. The van der Waals surface area contributed by atoms with E-state index >= 15 is 0 Å². The fraction of sp³-hybridized carbons (Fsp3) is 0.333. The lowest BCUT2D eigenvalue weighted by Crippen LogP contribution is -2.38. The summed E-state index contributed by atoms with van der Waals surface area (Å²) in [4.78, 5) is 18.2. The fourth-order valence-corrected chi connectivity index (χ4v) is 3.39. The second-order valence-corrected chi connectivity index (χ2v) is 7.12. The number of aromatic nitrogens is 1. The predicted octanol–water partition coefficient (Wildman–Crippen LogP) is 3.43. The van der Waals surface area contributed by atoms with Crippen LogP contribution in [0.5, 0.6) is 0 Å². The zero-order chi connectivity index (χ0) is 15.1. The highest BCUT2D eigenvalue weighted by Crippen LogP contribution is 2.21. The fourth-order valence-electron chi connectivity index (χ4n) is 1.73. The molecule has 112 valence electrons. The van der Waals surface area contributed by atoms with Gasteiger partial charge in [-0.05, 0) is 19.1 Å². The maximum atomic E-state index is 11.8. The summed E-state index contributed by atoms with van der Waals surface area (Å²) in [7, 11) is 0. The number of hydrogen-bond acceptors (Lipinski definition) is 4. The van der Waals surface area contributed by atoms with Gasteiger partial charge in [-0.1, -0.05) is 25.1 Å². The van der Waals surface area contributed by atoms with Gasteiger partial charge >= 0.3 is 6.03 Å². The predicted molar refractivity (Wildman–Crippen MR) is 88.9 cm³/mol. The van der Waals surface area contributed by atoms with E-state index in [2.05, 4.69) is 34.7 Å². The van der Waals surface area contributed by atoms with E-state index in [9.17, 15) is 4.79 Å². The van der Waals surface area contributed by atoms with E-state index in [-0.39, 0.29) is 6.03 Å². The molecule has 0 unspecified atom stereocenters. The number of carbonyl (C=O) groups excluding carboxylic acids is 1. The maximum absolute atomic E-state index is 11.8. The number of benzene rings is 1. The van der Waals surface area contributed by atoms with Crippen molar-refractivity contribution in [2.24, 2.45) is 0 Å². The monoisotopic (exact) mass is 321 g/mol. The second kappa shape index (κ2) is 8.05. The Kier molecular flexibility index (Phi) is 6.07. The van der Waals surface area contributed by atoms with E-state index in [1.807, 2.05) is 25.1 Å². The lowest BCUT2D eigenvalue weighted by molar-refractivity contribution is 0.240. The molecule has 1 aromatic heterocycles. The number of thioether (sulfide) groups is 1. The summed E-state index contributed by atoms with van der Waals surface area (Å²) in [6.45, 7) is 5.21. The van der Waals surface area contributed by atoms with Crippen molar-refractivity contribution in [3.8, 4) is 0 Å². The van der Waals surface area contributed by atoms with Gasteiger partial charge in [-0.15, -0.1) is 23.1 Å². The normalized spacial score (nSPS) is 11.9. The minimum atomic E-state index is -0.136. The first kappa shape index (κ1) is 15.9. The van der Waals surface area contributed by atoms with Gasteiger partial charge in [0.15, 0.2) is 0 Å². The molecule has 0 aliphatic carbocycles. The summed E-state index contributed by atoms with van der Waals surface area (Å²) in [6.07, 6.45) is 0. The molecule has 4 nitrogen and oxygen atoms in total. The topological polar surface area (TPSA) is 54.0 Å². The van der Waals surface area contributed by atoms with E-state index < -0.39 is 0 Å². The third kappa shape index (κ3) is 5.40. The quantitative estimate of drug-likeness (QED) is 0.802. The molecular weight excluding hydrogens is 302 g/mol. The van der Waals surface area contributed by atoms with Crippen LogP contribution in [-0.2, 0) is 6.54 Å². The molecule has 1 aromatic carbocycles. The lowest BCUT2D eigenvalue weighted by atomic mass is 10.4. The van der Waals surface area contributed by atoms with E-state index in [0.717, 1.165) is 10.6 Å². The Morgan fingerprint density at radius 1 is 1.33 bits per heavy atom. The van der Waals surface area contributed by atoms with Crippen LogP contribution in [0.4, 0.5) is 4.79 Å². The number of amides is 2. The van der Waals surface area contributed by atoms with Gasteiger partial charge in [-0.3, -0.25) is 0 Å². The van der Waals surface area contributed by atoms with E-state index in [1.165, 1.54) is 4.90 Å². The molecule has 0 bridgehead atoms. The van der Waals surface area contributed by atoms with E-state index in [0.29, 0.717) is 18.3 Å². The minimum Gasteiger partial charge on any atom is -0.337 e. The molecule has 1 heterocycles. The van der Waals surface area contributed by atoms with Crippen LogP contribution in [-0.4, -0.2) is 22.8 Å². The standard InChI is InChI=1S/C15H19N3OS2/c1-11(21-13-6-4-3-5-7-13)8-16-15(19)17-9-14-12(2)18-10-20-14/h3-7,10-11H,8-9H2,1-2H3,(H2,16,17,19)/t11-/m1/s1. The van der Waals surface area contributed by atoms with Gasteiger partial charge in [0, 0.05) is 21.6 Å². The summed E-state index contributed by atoms with van der Waals surface area (Å²) >= 11 is 3.31. The molecule has 0 spiro atoms. The molecule has 6 heteroatoms. The van der Waals surface area contributed by atoms with Gasteiger partial charge in [-0.25, -0.2) is 9.78 Å². The van der Waals surface area contributed by atoms with Crippen LogP contribution in [0.2, 0.25) is 0 Å². The van der Waals surface area contributed by atoms with Crippen molar-refractivity contribution in [1.29, 1.82) is 0 Å². The van der Waals surface area contributed by atoms with Crippen LogP contribution < -0.4 is 10.6 Å². The Bertz CT molecular complexity index is 571. The van der Waals surface area contributed by atoms with Crippen LogP contribution in [0.25, 0.3) is 0 Å². The number of hydrogen-bond donors (Lipinski definition) is 2. The number of rotatable bonds is 6. The maximum Gasteiger partial charge on any atom is 0.315 e. The van der Waals surface area contributed by atoms with Crippen LogP contribution in [0.15, 0.2) is 40.7 Å². The summed E-state index contributed by atoms with van der Waals surface area (Å²) < 4.78 is 0. The zero-order valence-electron chi connectivity index (χ0n) is 12.1. The van der Waals surface area contributed by atoms with Crippen molar-refractivity contribution in [1.82, 2.24) is 15.6 Å². The summed E-state index contributed by atoms with van der Waals surface area (Å²) in [5.41, 5.74) is 2.77. The molecule has 2 aromatic rings. The highest BCUT2D eigenvalue weighted by Gasteiger charge is 2.08. The van der Waals surface area contributed by atoms with Crippen molar-refractivity contribution >= 4 is 29.1 Å². The molecule has 0 saturated heterocycles. The van der Waals surface area contributed by atoms with Crippen LogP contribution in [0, 0.1) is 6.92 Å². The smallest absolute Gasteiger partial charge is 0.315 e. The molecule has 2 rings (SSSR count). The SMILES string of the molecule is Cc1ncsc1CNC(=O)NC[C@@H](C)Sc1ccccc1. The average Bonchev–Trinajstić information content (AvgIpc) is 2.89. The van der Waals surface area contributed by atoms with Crippen molar-refractivity contribution < 1.29 is 4.79 Å². The van der Waals surface area contributed by atoms with Crippen molar-refractivity contribution in [2.45, 2.75) is 30.5 Å². The van der Waals surface area contributed by atoms with Gasteiger partial charge in [0.1, 0.15) is 0 Å². The average molecular weight is 321 g/mol. The molecule has 1 atom stereocenters. The second-order valence-electron chi connectivity index (χ2n) is 4.67. The molecule has 2 amide bonds. The summed E-state index contributed by atoms with van der Waals surface area (Å²) in [5, 5.41) is 6.08. The Morgan fingerprint density at radius 2 is 2.10 bits per heavy atom. The molecule has 2 N–H and O–H groups in total. The largest absolute Gasteiger partial charge is 0.337 e. The Labute approximate surface area is 133 Å². The van der Waals surface area contributed by atoms with Crippen molar-refractivity contribution in [2.75, 3.05) is 6.54 Å². The van der Waals surface area contributed by atoms with Gasteiger partial charge < -0.3 is 10.6 Å². The molecule has 0 radical (unpaired) electrons. The Hall–Kier alpha value is -1.53. The van der Waals surface area contributed by atoms with E-state index in [4.69, 9.17) is 0 Å². The Balaban J connectivity index is 1.68. The number of thiazole rings is 1. The molecule has 21 heavy (non-hydrogen) atoms. The third-order valence-corrected chi connectivity index (χ3v) is 4.93. The Morgan fingerprint density at radius 3 is 2.76 bits per heavy atom. The summed E-state index contributed by atoms with van der Waals surface area (Å²) in [5.74, 6) is 0. The minimum absolute atomic E-state index is 0.136. The lowest BCUT2D eigenvalue weighted by Gasteiger charge is -2.13.